The van der Waals surface area contributed by atoms with Crippen molar-refractivity contribution < 1.29 is 14.5 Å². The highest BCUT2D eigenvalue weighted by atomic mass is 16.6. The number of benzene rings is 1. The highest BCUT2D eigenvalue weighted by Crippen LogP contribution is 2.27. The van der Waals surface area contributed by atoms with Crippen LogP contribution >= 0.6 is 0 Å². The van der Waals surface area contributed by atoms with E-state index in [0.29, 0.717) is 39.1 Å². The number of carbonyl (C=O) groups excluding carboxylic acids is 1. The molecule has 0 bridgehead atoms. The van der Waals surface area contributed by atoms with Crippen LogP contribution in [0.25, 0.3) is 0 Å². The average molecular weight is 332 g/mol. The summed E-state index contributed by atoms with van der Waals surface area (Å²) in [7, 11) is 0. The average Bonchev–Trinajstić information content (AvgIpc) is 2.60. The fourth-order valence-corrected chi connectivity index (χ4v) is 2.61. The van der Waals surface area contributed by atoms with Crippen LogP contribution in [0.3, 0.4) is 0 Å². The molecule has 8 nitrogen and oxygen atoms in total. The van der Waals surface area contributed by atoms with Crippen LogP contribution in [0.4, 0.5) is 5.69 Å². The van der Waals surface area contributed by atoms with Gasteiger partial charge in [-0.3, -0.25) is 19.8 Å². The molecule has 1 aromatic rings. The van der Waals surface area contributed by atoms with Gasteiger partial charge in [-0.25, -0.2) is 0 Å². The van der Waals surface area contributed by atoms with Crippen molar-refractivity contribution in [2.45, 2.75) is 19.4 Å². The molecule has 128 valence electrons. The summed E-state index contributed by atoms with van der Waals surface area (Å²) in [6.45, 7) is 4.86. The quantitative estimate of drug-likeness (QED) is 0.577. The molecular formula is C16H20N4O4. The van der Waals surface area contributed by atoms with E-state index in [1.54, 1.807) is 24.0 Å². The van der Waals surface area contributed by atoms with Crippen LogP contribution in [0.15, 0.2) is 24.3 Å². The monoisotopic (exact) mass is 332 g/mol. The minimum absolute atomic E-state index is 0.0935. The van der Waals surface area contributed by atoms with Gasteiger partial charge in [0, 0.05) is 45.2 Å². The maximum absolute atomic E-state index is 12.5. The smallest absolute Gasteiger partial charge is 0.310 e. The Labute approximate surface area is 140 Å². The van der Waals surface area contributed by atoms with Gasteiger partial charge >= 0.3 is 5.69 Å². The molecule has 1 atom stereocenters. The number of nitro benzene ring substituents is 1. The van der Waals surface area contributed by atoms with Crippen molar-refractivity contribution in [3.05, 3.63) is 34.4 Å². The van der Waals surface area contributed by atoms with Crippen LogP contribution < -0.4 is 4.74 Å². The summed E-state index contributed by atoms with van der Waals surface area (Å²) >= 11 is 0. The Morgan fingerprint density at radius 2 is 2.04 bits per heavy atom. The van der Waals surface area contributed by atoms with Crippen molar-refractivity contribution in [3.8, 4) is 11.8 Å². The molecule has 0 N–H and O–H groups in total. The first-order valence-electron chi connectivity index (χ1n) is 7.81. The minimum Gasteiger partial charge on any atom is -0.474 e. The van der Waals surface area contributed by atoms with E-state index in [-0.39, 0.29) is 17.3 Å². The largest absolute Gasteiger partial charge is 0.474 e. The van der Waals surface area contributed by atoms with E-state index >= 15 is 0 Å². The molecule has 0 spiro atoms. The number of rotatable bonds is 6. The fraction of sp³-hybridized carbons (Fsp3) is 0.500. The lowest BCUT2D eigenvalue weighted by atomic mass is 10.2. The Kier molecular flexibility index (Phi) is 6.09. The lowest BCUT2D eigenvalue weighted by Gasteiger charge is -2.35. The summed E-state index contributed by atoms with van der Waals surface area (Å²) in [6, 6.07) is 8.13. The number of hydrogen-bond acceptors (Lipinski definition) is 6. The summed E-state index contributed by atoms with van der Waals surface area (Å²) < 4.78 is 5.52. The molecule has 8 heteroatoms. The molecule has 1 fully saturated rings. The zero-order valence-electron chi connectivity index (χ0n) is 13.6. The Morgan fingerprint density at radius 3 is 2.67 bits per heavy atom. The van der Waals surface area contributed by atoms with Crippen molar-refractivity contribution in [1.29, 1.82) is 5.26 Å². The molecule has 0 aromatic heterocycles. The number of nitriles is 1. The van der Waals surface area contributed by atoms with Crippen LogP contribution in [0.1, 0.15) is 13.3 Å². The van der Waals surface area contributed by atoms with Gasteiger partial charge in [-0.05, 0) is 13.0 Å². The number of ether oxygens (including phenoxy) is 1. The first-order valence-corrected chi connectivity index (χ1v) is 7.81. The van der Waals surface area contributed by atoms with Gasteiger partial charge in [0.2, 0.25) is 0 Å². The maximum atomic E-state index is 12.5. The Balaban J connectivity index is 1.92. The predicted octanol–water partition coefficient (Wildman–Crippen LogP) is 1.42. The number of nitrogens with zero attached hydrogens (tertiary/aromatic N) is 4. The number of hydrogen-bond donors (Lipinski definition) is 0. The molecule has 0 saturated carbocycles. The summed E-state index contributed by atoms with van der Waals surface area (Å²) in [5.41, 5.74) is -0.154. The van der Waals surface area contributed by atoms with E-state index in [2.05, 4.69) is 11.0 Å². The highest BCUT2D eigenvalue weighted by molar-refractivity contribution is 5.81. The highest BCUT2D eigenvalue weighted by Gasteiger charge is 2.27. The van der Waals surface area contributed by atoms with Gasteiger partial charge in [0.1, 0.15) is 0 Å². The van der Waals surface area contributed by atoms with E-state index in [0.717, 1.165) is 0 Å². The third-order valence-electron chi connectivity index (χ3n) is 3.94. The van der Waals surface area contributed by atoms with Crippen LogP contribution in [0.5, 0.6) is 5.75 Å². The second-order valence-electron chi connectivity index (χ2n) is 5.56. The Hall–Kier alpha value is -2.66. The first kappa shape index (κ1) is 17.7. The third kappa shape index (κ3) is 4.43. The van der Waals surface area contributed by atoms with E-state index in [9.17, 15) is 14.9 Å². The molecule has 1 heterocycles. The van der Waals surface area contributed by atoms with Crippen molar-refractivity contribution >= 4 is 11.6 Å². The molecule has 24 heavy (non-hydrogen) atoms. The summed E-state index contributed by atoms with van der Waals surface area (Å²) in [4.78, 5) is 26.8. The molecule has 1 unspecified atom stereocenters. The molecule has 1 saturated heterocycles. The lowest BCUT2D eigenvalue weighted by Crippen LogP contribution is -2.51. The van der Waals surface area contributed by atoms with Gasteiger partial charge in [-0.1, -0.05) is 12.1 Å². The minimum atomic E-state index is -0.795. The number of nitro groups is 1. The fourth-order valence-electron chi connectivity index (χ4n) is 2.61. The SMILES string of the molecule is CC(Oc1ccccc1[N+](=O)[O-])C(=O)N1CCN(CCC#N)CC1. The molecule has 1 aliphatic heterocycles. The normalized spacial score (nSPS) is 16.2. The molecule has 0 radical (unpaired) electrons. The van der Waals surface area contributed by atoms with Crippen LogP contribution in [-0.2, 0) is 4.79 Å². The second kappa shape index (κ2) is 8.26. The van der Waals surface area contributed by atoms with Gasteiger partial charge in [0.25, 0.3) is 5.91 Å². The number of carbonyl (C=O) groups is 1. The summed E-state index contributed by atoms with van der Waals surface area (Å²) in [6.07, 6.45) is -0.317. The molecule has 1 aromatic carbocycles. The second-order valence-corrected chi connectivity index (χ2v) is 5.56. The maximum Gasteiger partial charge on any atom is 0.310 e. The third-order valence-corrected chi connectivity index (χ3v) is 3.94. The van der Waals surface area contributed by atoms with Gasteiger partial charge in [-0.2, -0.15) is 5.26 Å². The van der Waals surface area contributed by atoms with E-state index in [1.807, 2.05) is 0 Å². The van der Waals surface area contributed by atoms with Crippen molar-refractivity contribution in [3.63, 3.8) is 0 Å². The van der Waals surface area contributed by atoms with Crippen molar-refractivity contribution in [2.24, 2.45) is 0 Å². The summed E-state index contributed by atoms with van der Waals surface area (Å²) in [5.74, 6) is -0.0934. The Bertz CT molecular complexity index is 635. The van der Waals surface area contributed by atoms with Crippen molar-refractivity contribution in [1.82, 2.24) is 9.80 Å². The standard InChI is InChI=1S/C16H20N4O4/c1-13(24-15-6-3-2-5-14(15)20(22)23)16(21)19-11-9-18(10-12-19)8-4-7-17/h2-3,5-6,13H,4,8-12H2,1H3. The molecule has 2 rings (SSSR count). The van der Waals surface area contributed by atoms with Gasteiger partial charge in [-0.15, -0.1) is 0 Å². The molecular weight excluding hydrogens is 312 g/mol. The van der Waals surface area contributed by atoms with Crippen LogP contribution in [0.2, 0.25) is 0 Å². The van der Waals surface area contributed by atoms with Crippen LogP contribution in [-0.4, -0.2) is 59.5 Å². The predicted molar refractivity (Wildman–Crippen MR) is 86.4 cm³/mol. The number of piperazine rings is 1. The van der Waals surface area contributed by atoms with Gasteiger partial charge < -0.3 is 9.64 Å². The van der Waals surface area contributed by atoms with Gasteiger partial charge in [0.05, 0.1) is 11.0 Å². The summed E-state index contributed by atoms with van der Waals surface area (Å²) in [5, 5.41) is 19.6. The zero-order valence-corrected chi connectivity index (χ0v) is 13.6. The number of para-hydroxylation sites is 2. The van der Waals surface area contributed by atoms with Crippen molar-refractivity contribution in [2.75, 3.05) is 32.7 Å². The van der Waals surface area contributed by atoms with Gasteiger partial charge in [0.15, 0.2) is 11.9 Å². The molecule has 1 aliphatic rings. The van der Waals surface area contributed by atoms with E-state index in [1.165, 1.54) is 12.1 Å². The lowest BCUT2D eigenvalue weighted by molar-refractivity contribution is -0.386. The Morgan fingerprint density at radius 1 is 1.38 bits per heavy atom. The van der Waals surface area contributed by atoms with E-state index < -0.39 is 11.0 Å². The molecule has 1 amide bonds. The zero-order chi connectivity index (χ0) is 17.5. The van der Waals surface area contributed by atoms with Crippen LogP contribution in [0, 0.1) is 21.4 Å². The topological polar surface area (TPSA) is 99.7 Å². The first-order chi connectivity index (χ1) is 11.5. The molecule has 0 aliphatic carbocycles. The number of amides is 1. The van der Waals surface area contributed by atoms with E-state index in [4.69, 9.17) is 10.00 Å².